The van der Waals surface area contributed by atoms with Crippen LogP contribution in [0, 0.1) is 17.8 Å². The zero-order valence-electron chi connectivity index (χ0n) is 16.1. The lowest BCUT2D eigenvalue weighted by atomic mass is 9.92. The molecule has 1 saturated heterocycles. The minimum absolute atomic E-state index is 0.0688. The monoisotopic (exact) mass is 407 g/mol. The van der Waals surface area contributed by atoms with Gasteiger partial charge < -0.3 is 5.32 Å². The molecule has 29 heavy (non-hydrogen) atoms. The molecule has 2 fully saturated rings. The predicted octanol–water partition coefficient (Wildman–Crippen LogP) is 1.31. The number of aromatic nitrogens is 1. The summed E-state index contributed by atoms with van der Waals surface area (Å²) in [7, 11) is 0. The molecule has 1 aromatic rings. The molecule has 9 nitrogen and oxygen atoms in total. The molecule has 1 aromatic heterocycles. The van der Waals surface area contributed by atoms with Crippen molar-refractivity contribution >= 4 is 24.0 Å². The van der Waals surface area contributed by atoms with Crippen molar-refractivity contribution in [1.29, 1.82) is 0 Å². The number of hydroxylamine groups is 2. The Hall–Kier alpha value is -2.59. The minimum atomic E-state index is -0.790. The number of hydrogen-bond donors (Lipinski definition) is 3. The fourth-order valence-corrected chi connectivity index (χ4v) is 4.10. The summed E-state index contributed by atoms with van der Waals surface area (Å²) in [5, 5.41) is 13.9. The van der Waals surface area contributed by atoms with Crippen molar-refractivity contribution in [3.8, 4) is 0 Å². The topological polar surface area (TPSA) is 115 Å². The highest BCUT2D eigenvalue weighted by molar-refractivity contribution is 5.97. The molecule has 1 aliphatic carbocycles. The van der Waals surface area contributed by atoms with E-state index in [-0.39, 0.29) is 24.7 Å². The van der Waals surface area contributed by atoms with Gasteiger partial charge >= 0.3 is 0 Å². The van der Waals surface area contributed by atoms with E-state index in [4.69, 9.17) is 0 Å². The summed E-state index contributed by atoms with van der Waals surface area (Å²) in [5.74, 6) is -1.73. The summed E-state index contributed by atoms with van der Waals surface area (Å²) in [6.45, 7) is 0.296. The molecule has 3 amide bonds. The minimum Gasteiger partial charge on any atom is -0.309 e. The zero-order valence-corrected chi connectivity index (χ0v) is 16.1. The molecule has 2 heterocycles. The lowest BCUT2D eigenvalue weighted by Crippen LogP contribution is -2.51. The standard InChI is InChI=1S/C19H26FN5O4/c20-16-6-3-7-17(22-16)23-18(27)15-8-9-21-25(15)19(28)14(11-24(29)12-26)10-13-4-1-2-5-13/h3,6-7,12-15,21,29H,1-2,4-5,8-11H2,(H,22,23,27)/t14-,15+/m1/s1. The molecule has 0 unspecified atom stereocenters. The van der Waals surface area contributed by atoms with Crippen LogP contribution >= 0.6 is 0 Å². The first kappa shape index (κ1) is 21.1. The van der Waals surface area contributed by atoms with Gasteiger partial charge in [-0.1, -0.05) is 31.7 Å². The normalized spacial score (nSPS) is 20.5. The van der Waals surface area contributed by atoms with Crippen LogP contribution < -0.4 is 10.7 Å². The molecule has 1 saturated carbocycles. The highest BCUT2D eigenvalue weighted by Gasteiger charge is 2.39. The summed E-state index contributed by atoms with van der Waals surface area (Å²) in [5.41, 5.74) is 2.92. The van der Waals surface area contributed by atoms with E-state index in [1.165, 1.54) is 23.2 Å². The zero-order chi connectivity index (χ0) is 20.8. The molecular formula is C19H26FN5O4. The van der Waals surface area contributed by atoms with Gasteiger partial charge in [0.05, 0.1) is 12.5 Å². The number of hydrogen-bond acceptors (Lipinski definition) is 6. The number of amides is 3. The van der Waals surface area contributed by atoms with Gasteiger partial charge in [-0.3, -0.25) is 24.6 Å². The number of pyridine rings is 1. The van der Waals surface area contributed by atoms with Crippen LogP contribution in [0.15, 0.2) is 18.2 Å². The third kappa shape index (κ3) is 5.48. The maximum Gasteiger partial charge on any atom is 0.250 e. The van der Waals surface area contributed by atoms with Gasteiger partial charge in [0.1, 0.15) is 11.9 Å². The van der Waals surface area contributed by atoms with Crippen LogP contribution in [-0.2, 0) is 14.4 Å². The quantitative estimate of drug-likeness (QED) is 0.259. The van der Waals surface area contributed by atoms with Gasteiger partial charge in [-0.25, -0.2) is 15.5 Å². The molecule has 0 aromatic carbocycles. The molecule has 10 heteroatoms. The average molecular weight is 407 g/mol. The van der Waals surface area contributed by atoms with E-state index in [1.54, 1.807) is 0 Å². The lowest BCUT2D eigenvalue weighted by Gasteiger charge is -2.29. The van der Waals surface area contributed by atoms with Crippen molar-refractivity contribution in [1.82, 2.24) is 20.5 Å². The second-order valence-corrected chi connectivity index (χ2v) is 7.57. The van der Waals surface area contributed by atoms with Crippen molar-refractivity contribution in [2.45, 2.75) is 44.6 Å². The third-order valence-electron chi connectivity index (χ3n) is 5.49. The lowest BCUT2D eigenvalue weighted by molar-refractivity contribution is -0.159. The predicted molar refractivity (Wildman–Crippen MR) is 101 cm³/mol. The molecular weight excluding hydrogens is 381 g/mol. The van der Waals surface area contributed by atoms with E-state index >= 15 is 0 Å². The third-order valence-corrected chi connectivity index (χ3v) is 5.49. The SMILES string of the molecule is O=CN(O)C[C@@H](CC1CCCC1)C(=O)N1NCC[C@H]1C(=O)Nc1cccc(F)n1. The Labute approximate surface area is 168 Å². The van der Waals surface area contributed by atoms with Gasteiger partial charge in [0.15, 0.2) is 0 Å². The fourth-order valence-electron chi connectivity index (χ4n) is 4.10. The summed E-state index contributed by atoms with van der Waals surface area (Å²) >= 11 is 0. The van der Waals surface area contributed by atoms with Crippen molar-refractivity contribution in [2.75, 3.05) is 18.4 Å². The number of rotatable bonds is 8. The van der Waals surface area contributed by atoms with Crippen molar-refractivity contribution in [3.05, 3.63) is 24.1 Å². The van der Waals surface area contributed by atoms with Gasteiger partial charge in [0.2, 0.25) is 24.2 Å². The van der Waals surface area contributed by atoms with Crippen LogP contribution in [0.3, 0.4) is 0 Å². The largest absolute Gasteiger partial charge is 0.309 e. The molecule has 3 rings (SSSR count). The van der Waals surface area contributed by atoms with Crippen molar-refractivity contribution < 1.29 is 24.0 Å². The molecule has 1 aliphatic heterocycles. The highest BCUT2D eigenvalue weighted by atomic mass is 19.1. The summed E-state index contributed by atoms with van der Waals surface area (Å²) < 4.78 is 13.3. The Morgan fingerprint density at radius 2 is 2.14 bits per heavy atom. The number of carbonyl (C=O) groups is 3. The summed E-state index contributed by atoms with van der Waals surface area (Å²) in [4.78, 5) is 40.3. The van der Waals surface area contributed by atoms with E-state index in [1.807, 2.05) is 0 Å². The van der Waals surface area contributed by atoms with Gasteiger partial charge in [-0.15, -0.1) is 0 Å². The Balaban J connectivity index is 1.69. The second kappa shape index (κ2) is 9.75. The number of anilines is 1. The first-order chi connectivity index (χ1) is 14.0. The Kier molecular flexibility index (Phi) is 7.10. The van der Waals surface area contributed by atoms with Gasteiger partial charge in [-0.05, 0) is 30.9 Å². The second-order valence-electron chi connectivity index (χ2n) is 7.57. The number of nitrogens with zero attached hydrogens (tertiary/aromatic N) is 3. The van der Waals surface area contributed by atoms with E-state index < -0.39 is 23.8 Å². The Morgan fingerprint density at radius 1 is 1.38 bits per heavy atom. The van der Waals surface area contributed by atoms with Crippen molar-refractivity contribution in [2.24, 2.45) is 11.8 Å². The number of hydrazine groups is 1. The van der Waals surface area contributed by atoms with E-state index in [2.05, 4.69) is 15.7 Å². The van der Waals surface area contributed by atoms with Crippen molar-refractivity contribution in [3.63, 3.8) is 0 Å². The van der Waals surface area contributed by atoms with Crippen LogP contribution in [0.2, 0.25) is 0 Å². The van der Waals surface area contributed by atoms with E-state index in [9.17, 15) is 24.0 Å². The maximum absolute atomic E-state index is 13.3. The first-order valence-electron chi connectivity index (χ1n) is 9.88. The van der Waals surface area contributed by atoms with Crippen LogP contribution in [0.5, 0.6) is 0 Å². The van der Waals surface area contributed by atoms with Crippen LogP contribution in [0.1, 0.15) is 38.5 Å². The van der Waals surface area contributed by atoms with Crippen LogP contribution in [0.25, 0.3) is 0 Å². The van der Waals surface area contributed by atoms with E-state index in [0.29, 0.717) is 30.4 Å². The maximum atomic E-state index is 13.3. The molecule has 0 spiro atoms. The Bertz CT molecular complexity index is 743. The number of carbonyl (C=O) groups excluding carboxylic acids is 3. The molecule has 0 bridgehead atoms. The molecule has 2 aliphatic rings. The fraction of sp³-hybridized carbons (Fsp3) is 0.579. The number of nitrogens with one attached hydrogen (secondary N) is 2. The smallest absolute Gasteiger partial charge is 0.250 e. The average Bonchev–Trinajstić information content (AvgIpc) is 3.38. The van der Waals surface area contributed by atoms with E-state index in [0.717, 1.165) is 25.7 Å². The first-order valence-corrected chi connectivity index (χ1v) is 9.88. The van der Waals surface area contributed by atoms with Gasteiger partial charge in [0.25, 0.3) is 0 Å². The highest BCUT2D eigenvalue weighted by Crippen LogP contribution is 2.31. The molecule has 2 atom stereocenters. The number of halogens is 1. The molecule has 0 radical (unpaired) electrons. The van der Waals surface area contributed by atoms with Gasteiger partial charge in [0, 0.05) is 6.54 Å². The molecule has 158 valence electrons. The molecule has 3 N–H and O–H groups in total. The Morgan fingerprint density at radius 3 is 2.83 bits per heavy atom. The summed E-state index contributed by atoms with van der Waals surface area (Å²) in [6.07, 6.45) is 5.44. The van der Waals surface area contributed by atoms with Crippen LogP contribution in [-0.4, -0.2) is 57.6 Å². The van der Waals surface area contributed by atoms with Gasteiger partial charge in [-0.2, -0.15) is 4.39 Å². The summed E-state index contributed by atoms with van der Waals surface area (Å²) in [6, 6.07) is 3.28. The van der Waals surface area contributed by atoms with Crippen LogP contribution in [0.4, 0.5) is 10.2 Å².